The summed E-state index contributed by atoms with van der Waals surface area (Å²) in [6, 6.07) is 0. The lowest BCUT2D eigenvalue weighted by atomic mass is 10.0. The van der Waals surface area contributed by atoms with Crippen LogP contribution in [0.3, 0.4) is 0 Å². The molecular weight excluding hydrogens is 222 g/mol. The average molecular weight is 251 g/mol. The highest BCUT2D eigenvalue weighted by Gasteiger charge is 2.26. The van der Waals surface area contributed by atoms with E-state index in [1.807, 2.05) is 0 Å². The van der Waals surface area contributed by atoms with Crippen LogP contribution in [0.15, 0.2) is 12.3 Å². The molecule has 3 heteroatoms. The summed E-state index contributed by atoms with van der Waals surface area (Å²) in [5, 5.41) is 0. The quantitative estimate of drug-likeness (QED) is 0.760. The van der Waals surface area contributed by atoms with Gasteiger partial charge in [0.25, 0.3) is 0 Å². The van der Waals surface area contributed by atoms with E-state index < -0.39 is 0 Å². The van der Waals surface area contributed by atoms with Gasteiger partial charge in [-0.1, -0.05) is 6.58 Å². The Kier molecular flexibility index (Phi) is 4.33. The van der Waals surface area contributed by atoms with Gasteiger partial charge in [-0.05, 0) is 33.6 Å². The molecular formula is C15H29N3. The minimum absolute atomic E-state index is 0.318. The van der Waals surface area contributed by atoms with E-state index in [0.717, 1.165) is 6.54 Å². The molecule has 2 saturated heterocycles. The zero-order valence-electron chi connectivity index (χ0n) is 12.4. The van der Waals surface area contributed by atoms with Gasteiger partial charge in [-0.15, -0.1) is 0 Å². The van der Waals surface area contributed by atoms with E-state index in [4.69, 9.17) is 0 Å². The fraction of sp³-hybridized carbons (Fsp3) is 0.867. The van der Waals surface area contributed by atoms with E-state index >= 15 is 0 Å². The lowest BCUT2D eigenvalue weighted by molar-refractivity contribution is 0.0638. The molecule has 3 nitrogen and oxygen atoms in total. The zero-order chi connectivity index (χ0) is 13.2. The van der Waals surface area contributed by atoms with E-state index in [2.05, 4.69) is 42.0 Å². The maximum absolute atomic E-state index is 4.27. The number of hydrogen-bond acceptors (Lipinski definition) is 3. The molecule has 2 fully saturated rings. The Hall–Kier alpha value is -0.540. The van der Waals surface area contributed by atoms with Crippen LogP contribution in [0.25, 0.3) is 0 Å². The second-order valence-corrected chi connectivity index (χ2v) is 6.69. The first-order valence-electron chi connectivity index (χ1n) is 7.37. The molecule has 0 bridgehead atoms. The highest BCUT2D eigenvalue weighted by Crippen LogP contribution is 2.18. The lowest BCUT2D eigenvalue weighted by Crippen LogP contribution is -2.53. The van der Waals surface area contributed by atoms with Gasteiger partial charge in [-0.25, -0.2) is 0 Å². The van der Waals surface area contributed by atoms with Gasteiger partial charge in [0, 0.05) is 57.0 Å². The molecule has 0 radical (unpaired) electrons. The largest absolute Gasteiger partial charge is 0.374 e. The molecule has 104 valence electrons. The molecule has 2 heterocycles. The van der Waals surface area contributed by atoms with Crippen molar-refractivity contribution in [1.82, 2.24) is 14.7 Å². The molecule has 0 N–H and O–H groups in total. The molecule has 2 aliphatic rings. The maximum Gasteiger partial charge on any atom is 0.0378 e. The van der Waals surface area contributed by atoms with Crippen LogP contribution in [0.1, 0.15) is 33.6 Å². The van der Waals surface area contributed by atoms with Gasteiger partial charge < -0.3 is 4.90 Å². The van der Waals surface area contributed by atoms with Crippen molar-refractivity contribution in [2.75, 3.05) is 45.8 Å². The fourth-order valence-corrected chi connectivity index (χ4v) is 2.97. The molecule has 0 amide bonds. The van der Waals surface area contributed by atoms with Gasteiger partial charge in [0.2, 0.25) is 0 Å². The Labute approximate surface area is 112 Å². The molecule has 0 aromatic rings. The van der Waals surface area contributed by atoms with Crippen LogP contribution in [0, 0.1) is 0 Å². The van der Waals surface area contributed by atoms with Crippen molar-refractivity contribution in [1.29, 1.82) is 0 Å². The van der Waals surface area contributed by atoms with Crippen LogP contribution in [-0.4, -0.2) is 66.1 Å². The minimum Gasteiger partial charge on any atom is -0.374 e. The number of rotatable bonds is 3. The number of likely N-dealkylation sites (tertiary alicyclic amines) is 1. The topological polar surface area (TPSA) is 9.72 Å². The van der Waals surface area contributed by atoms with Gasteiger partial charge in [-0.3, -0.25) is 9.80 Å². The molecule has 18 heavy (non-hydrogen) atoms. The van der Waals surface area contributed by atoms with Crippen molar-refractivity contribution in [2.24, 2.45) is 0 Å². The molecule has 0 spiro atoms. The Balaban J connectivity index is 1.75. The molecule has 0 atom stereocenters. The van der Waals surface area contributed by atoms with Crippen molar-refractivity contribution in [2.45, 2.75) is 39.2 Å². The Morgan fingerprint density at radius 1 is 0.944 bits per heavy atom. The molecule has 0 saturated carbocycles. The summed E-state index contributed by atoms with van der Waals surface area (Å²) >= 11 is 0. The zero-order valence-corrected chi connectivity index (χ0v) is 12.4. The monoisotopic (exact) mass is 251 g/mol. The summed E-state index contributed by atoms with van der Waals surface area (Å²) in [7, 11) is 0. The third-order valence-electron chi connectivity index (χ3n) is 4.28. The van der Waals surface area contributed by atoms with Crippen molar-refractivity contribution >= 4 is 0 Å². The minimum atomic E-state index is 0.318. The lowest BCUT2D eigenvalue weighted by Gasteiger charge is -2.42. The van der Waals surface area contributed by atoms with E-state index in [0.29, 0.717) is 5.54 Å². The Morgan fingerprint density at radius 2 is 1.50 bits per heavy atom. The molecule has 2 aliphatic heterocycles. The standard InChI is InChI=1S/C15H29N3/c1-14(17-7-5-6-8-17)13-16-9-11-18(12-10-16)15(2,3)4/h1,5-13H2,2-4H3. The smallest absolute Gasteiger partial charge is 0.0378 e. The summed E-state index contributed by atoms with van der Waals surface area (Å²) in [5.41, 5.74) is 1.65. The number of piperazine rings is 1. The van der Waals surface area contributed by atoms with Crippen LogP contribution < -0.4 is 0 Å². The number of hydrogen-bond donors (Lipinski definition) is 0. The predicted molar refractivity (Wildman–Crippen MR) is 77.7 cm³/mol. The van der Waals surface area contributed by atoms with E-state index in [1.54, 1.807) is 0 Å². The van der Waals surface area contributed by atoms with Crippen LogP contribution in [0.4, 0.5) is 0 Å². The summed E-state index contributed by atoms with van der Waals surface area (Å²) < 4.78 is 0. The first kappa shape index (κ1) is 13.9. The Bertz CT molecular complexity index is 279. The van der Waals surface area contributed by atoms with Crippen LogP contribution in [-0.2, 0) is 0 Å². The van der Waals surface area contributed by atoms with E-state index in [9.17, 15) is 0 Å². The van der Waals surface area contributed by atoms with Crippen molar-refractivity contribution in [3.63, 3.8) is 0 Å². The normalized spacial score (nSPS) is 23.6. The summed E-state index contributed by atoms with van der Waals surface area (Å²) in [6.45, 7) is 19.5. The first-order valence-corrected chi connectivity index (χ1v) is 7.37. The van der Waals surface area contributed by atoms with Gasteiger partial charge in [0.1, 0.15) is 0 Å². The van der Waals surface area contributed by atoms with Crippen molar-refractivity contribution in [3.05, 3.63) is 12.3 Å². The molecule has 2 rings (SSSR count). The Morgan fingerprint density at radius 3 is 2.00 bits per heavy atom. The fourth-order valence-electron chi connectivity index (χ4n) is 2.97. The van der Waals surface area contributed by atoms with Gasteiger partial charge >= 0.3 is 0 Å². The third kappa shape index (κ3) is 3.48. The average Bonchev–Trinajstić information content (AvgIpc) is 2.82. The van der Waals surface area contributed by atoms with Gasteiger partial charge in [0.15, 0.2) is 0 Å². The SMILES string of the molecule is C=C(CN1CCN(C(C)(C)C)CC1)N1CCCC1. The summed E-state index contributed by atoms with van der Waals surface area (Å²) in [6.07, 6.45) is 2.69. The third-order valence-corrected chi connectivity index (χ3v) is 4.28. The van der Waals surface area contributed by atoms with Gasteiger partial charge in [0.05, 0.1) is 0 Å². The highest BCUT2D eigenvalue weighted by atomic mass is 15.3. The van der Waals surface area contributed by atoms with Crippen LogP contribution in [0.5, 0.6) is 0 Å². The second-order valence-electron chi connectivity index (χ2n) is 6.69. The van der Waals surface area contributed by atoms with Crippen molar-refractivity contribution < 1.29 is 0 Å². The molecule has 0 unspecified atom stereocenters. The first-order chi connectivity index (χ1) is 8.47. The van der Waals surface area contributed by atoms with E-state index in [-0.39, 0.29) is 0 Å². The second kappa shape index (κ2) is 5.62. The van der Waals surface area contributed by atoms with Gasteiger partial charge in [-0.2, -0.15) is 0 Å². The molecule has 0 aromatic heterocycles. The van der Waals surface area contributed by atoms with E-state index in [1.165, 1.54) is 57.8 Å². The summed E-state index contributed by atoms with van der Waals surface area (Å²) in [4.78, 5) is 7.61. The maximum atomic E-state index is 4.27. The van der Waals surface area contributed by atoms with Crippen LogP contribution in [0.2, 0.25) is 0 Å². The van der Waals surface area contributed by atoms with Crippen molar-refractivity contribution in [3.8, 4) is 0 Å². The number of nitrogens with zero attached hydrogens (tertiary/aromatic N) is 3. The molecule has 0 aliphatic carbocycles. The highest BCUT2D eigenvalue weighted by molar-refractivity contribution is 4.99. The van der Waals surface area contributed by atoms with Crippen LogP contribution >= 0.6 is 0 Å². The predicted octanol–water partition coefficient (Wildman–Crippen LogP) is 2.01. The summed E-state index contributed by atoms with van der Waals surface area (Å²) in [5.74, 6) is 0. The molecule has 0 aromatic carbocycles.